The summed E-state index contributed by atoms with van der Waals surface area (Å²) in [4.78, 5) is 11.6. The molecule has 1 aromatic carbocycles. The number of halogens is 1. The summed E-state index contributed by atoms with van der Waals surface area (Å²) in [6.45, 7) is 3.03. The van der Waals surface area contributed by atoms with Gasteiger partial charge in [0.15, 0.2) is 17.7 Å². The van der Waals surface area contributed by atoms with Gasteiger partial charge in [-0.25, -0.2) is 4.39 Å². The lowest BCUT2D eigenvalue weighted by Crippen LogP contribution is -2.42. The molecule has 5 heteroatoms. The minimum atomic E-state index is -0.819. The van der Waals surface area contributed by atoms with Crippen LogP contribution in [0.1, 0.15) is 13.8 Å². The summed E-state index contributed by atoms with van der Waals surface area (Å²) >= 11 is 0. The monoisotopic (exact) mass is 241 g/mol. The van der Waals surface area contributed by atoms with E-state index in [1.54, 1.807) is 19.1 Å². The van der Waals surface area contributed by atoms with E-state index in [-0.39, 0.29) is 18.4 Å². The predicted molar refractivity (Wildman–Crippen MR) is 61.2 cm³/mol. The molecule has 0 aromatic heterocycles. The van der Waals surface area contributed by atoms with Gasteiger partial charge in [0.2, 0.25) is 0 Å². The Morgan fingerprint density at radius 2 is 2.12 bits per heavy atom. The maximum Gasteiger partial charge on any atom is 0.261 e. The van der Waals surface area contributed by atoms with Gasteiger partial charge in [0.25, 0.3) is 5.91 Å². The number of aliphatic hydroxyl groups is 1. The van der Waals surface area contributed by atoms with Gasteiger partial charge in [-0.3, -0.25) is 4.79 Å². The smallest absolute Gasteiger partial charge is 0.261 e. The lowest BCUT2D eigenvalue weighted by atomic mass is 10.3. The molecule has 4 nitrogen and oxygen atoms in total. The van der Waals surface area contributed by atoms with Crippen molar-refractivity contribution in [2.45, 2.75) is 26.0 Å². The van der Waals surface area contributed by atoms with Crippen molar-refractivity contribution in [3.63, 3.8) is 0 Å². The first-order chi connectivity index (χ1) is 8.04. The number of aliphatic hydroxyl groups excluding tert-OH is 1. The predicted octanol–water partition coefficient (Wildman–Crippen LogP) is 1.09. The Hall–Kier alpha value is -1.62. The third-order valence-electron chi connectivity index (χ3n) is 2.17. The zero-order valence-electron chi connectivity index (χ0n) is 9.81. The summed E-state index contributed by atoms with van der Waals surface area (Å²) in [6.07, 6.45) is -0.819. The number of carbonyl (C=O) groups is 1. The lowest BCUT2D eigenvalue weighted by Gasteiger charge is -2.17. The van der Waals surface area contributed by atoms with E-state index < -0.39 is 17.8 Å². The van der Waals surface area contributed by atoms with Gasteiger partial charge in [-0.05, 0) is 26.0 Å². The van der Waals surface area contributed by atoms with Gasteiger partial charge in [-0.15, -0.1) is 0 Å². The van der Waals surface area contributed by atoms with Crippen LogP contribution in [0.15, 0.2) is 24.3 Å². The Balaban J connectivity index is 2.57. The molecule has 2 atom stereocenters. The van der Waals surface area contributed by atoms with E-state index in [1.807, 2.05) is 0 Å². The Morgan fingerprint density at radius 1 is 1.47 bits per heavy atom. The van der Waals surface area contributed by atoms with Crippen molar-refractivity contribution in [1.29, 1.82) is 0 Å². The van der Waals surface area contributed by atoms with Crippen molar-refractivity contribution in [1.82, 2.24) is 5.32 Å². The van der Waals surface area contributed by atoms with E-state index in [0.29, 0.717) is 0 Å². The maximum absolute atomic E-state index is 13.2. The molecule has 1 amide bonds. The highest BCUT2D eigenvalue weighted by atomic mass is 19.1. The SMILES string of the molecule is CC(CO)NC(=O)C(C)Oc1ccccc1F. The van der Waals surface area contributed by atoms with Crippen LogP contribution in [0.5, 0.6) is 5.75 Å². The number of nitrogens with one attached hydrogen (secondary N) is 1. The summed E-state index contributed by atoms with van der Waals surface area (Å²) in [5.41, 5.74) is 0. The van der Waals surface area contributed by atoms with Gasteiger partial charge in [0.05, 0.1) is 6.61 Å². The molecule has 0 fully saturated rings. The van der Waals surface area contributed by atoms with Crippen LogP contribution in [0.4, 0.5) is 4.39 Å². The summed E-state index contributed by atoms with van der Waals surface area (Å²) in [5, 5.41) is 11.3. The van der Waals surface area contributed by atoms with Crippen molar-refractivity contribution in [3.8, 4) is 5.75 Å². The van der Waals surface area contributed by atoms with Gasteiger partial charge in [0.1, 0.15) is 0 Å². The quantitative estimate of drug-likeness (QED) is 0.811. The fourth-order valence-corrected chi connectivity index (χ4v) is 1.19. The molecule has 0 heterocycles. The van der Waals surface area contributed by atoms with Gasteiger partial charge >= 0.3 is 0 Å². The lowest BCUT2D eigenvalue weighted by molar-refractivity contribution is -0.128. The van der Waals surface area contributed by atoms with Crippen LogP contribution in [0, 0.1) is 5.82 Å². The molecule has 0 bridgehead atoms. The molecular formula is C12H16FNO3. The van der Waals surface area contributed by atoms with Crippen LogP contribution >= 0.6 is 0 Å². The van der Waals surface area contributed by atoms with E-state index in [0.717, 1.165) is 0 Å². The van der Waals surface area contributed by atoms with Crippen molar-refractivity contribution in [3.05, 3.63) is 30.1 Å². The first-order valence-electron chi connectivity index (χ1n) is 5.37. The Labute approximate surface area is 99.4 Å². The van der Waals surface area contributed by atoms with Crippen molar-refractivity contribution < 1.29 is 19.0 Å². The molecule has 2 unspecified atom stereocenters. The molecule has 0 radical (unpaired) electrons. The Morgan fingerprint density at radius 3 is 2.71 bits per heavy atom. The molecule has 94 valence electrons. The van der Waals surface area contributed by atoms with E-state index in [1.165, 1.54) is 19.1 Å². The highest BCUT2D eigenvalue weighted by Gasteiger charge is 2.17. The first-order valence-corrected chi connectivity index (χ1v) is 5.37. The summed E-state index contributed by atoms with van der Waals surface area (Å²) in [6, 6.07) is 5.53. The van der Waals surface area contributed by atoms with Crippen molar-refractivity contribution in [2.24, 2.45) is 0 Å². The Bertz CT molecular complexity index is 384. The fraction of sp³-hybridized carbons (Fsp3) is 0.417. The molecule has 0 aliphatic rings. The minimum Gasteiger partial charge on any atom is -0.478 e. The van der Waals surface area contributed by atoms with E-state index in [2.05, 4.69) is 5.32 Å². The topological polar surface area (TPSA) is 58.6 Å². The number of rotatable bonds is 5. The molecule has 1 rings (SSSR count). The second kappa shape index (κ2) is 6.20. The summed E-state index contributed by atoms with van der Waals surface area (Å²) in [5.74, 6) is -0.871. The highest BCUT2D eigenvalue weighted by Crippen LogP contribution is 2.16. The zero-order valence-corrected chi connectivity index (χ0v) is 9.81. The minimum absolute atomic E-state index is 0.0341. The van der Waals surface area contributed by atoms with Crippen LogP contribution in [-0.4, -0.2) is 29.8 Å². The number of para-hydroxylation sites is 1. The van der Waals surface area contributed by atoms with Crippen LogP contribution in [-0.2, 0) is 4.79 Å². The molecule has 2 N–H and O–H groups in total. The maximum atomic E-state index is 13.2. The van der Waals surface area contributed by atoms with Gasteiger partial charge in [0, 0.05) is 6.04 Å². The number of benzene rings is 1. The third-order valence-corrected chi connectivity index (χ3v) is 2.17. The second-order valence-electron chi connectivity index (χ2n) is 3.78. The van der Waals surface area contributed by atoms with E-state index in [9.17, 15) is 9.18 Å². The molecule has 0 saturated heterocycles. The third kappa shape index (κ3) is 4.03. The van der Waals surface area contributed by atoms with Crippen molar-refractivity contribution in [2.75, 3.05) is 6.61 Å². The van der Waals surface area contributed by atoms with E-state index in [4.69, 9.17) is 9.84 Å². The molecule has 0 aliphatic heterocycles. The number of hydrogen-bond acceptors (Lipinski definition) is 3. The molecule has 0 spiro atoms. The number of amides is 1. The molecule has 0 saturated carbocycles. The van der Waals surface area contributed by atoms with Gasteiger partial charge in [-0.1, -0.05) is 12.1 Å². The zero-order chi connectivity index (χ0) is 12.8. The number of ether oxygens (including phenoxy) is 1. The standard InChI is InChI=1S/C12H16FNO3/c1-8(7-15)14-12(16)9(2)17-11-6-4-3-5-10(11)13/h3-6,8-9,15H,7H2,1-2H3,(H,14,16). The summed E-state index contributed by atoms with van der Waals surface area (Å²) in [7, 11) is 0. The average molecular weight is 241 g/mol. The van der Waals surface area contributed by atoms with E-state index >= 15 is 0 Å². The second-order valence-corrected chi connectivity index (χ2v) is 3.78. The largest absolute Gasteiger partial charge is 0.478 e. The number of hydrogen-bond donors (Lipinski definition) is 2. The summed E-state index contributed by atoms with van der Waals surface area (Å²) < 4.78 is 18.4. The molecule has 17 heavy (non-hydrogen) atoms. The molecular weight excluding hydrogens is 225 g/mol. The number of carbonyl (C=O) groups excluding carboxylic acids is 1. The Kier molecular flexibility index (Phi) is 4.90. The van der Waals surface area contributed by atoms with Crippen LogP contribution in [0.2, 0.25) is 0 Å². The molecule has 0 aliphatic carbocycles. The van der Waals surface area contributed by atoms with Crippen LogP contribution in [0.3, 0.4) is 0 Å². The highest BCUT2D eigenvalue weighted by molar-refractivity contribution is 5.80. The van der Waals surface area contributed by atoms with Crippen molar-refractivity contribution >= 4 is 5.91 Å². The van der Waals surface area contributed by atoms with Crippen LogP contribution < -0.4 is 10.1 Å². The first kappa shape index (κ1) is 13.4. The molecule has 1 aromatic rings. The normalized spacial score (nSPS) is 13.9. The van der Waals surface area contributed by atoms with Gasteiger partial charge in [-0.2, -0.15) is 0 Å². The fourth-order valence-electron chi connectivity index (χ4n) is 1.19. The van der Waals surface area contributed by atoms with Gasteiger partial charge < -0.3 is 15.2 Å². The van der Waals surface area contributed by atoms with Crippen LogP contribution in [0.25, 0.3) is 0 Å². The average Bonchev–Trinajstić information content (AvgIpc) is 2.31.